The average Bonchev–Trinajstić information content (AvgIpc) is 2.33. The molecule has 4 aliphatic carbocycles. The highest BCUT2D eigenvalue weighted by molar-refractivity contribution is 5.83. The smallest absolute Gasteiger partial charge is 0.226 e. The number of nitrogens with one attached hydrogen (secondary N) is 1. The molecule has 4 bridgehead atoms. The van der Waals surface area contributed by atoms with E-state index in [0.717, 1.165) is 31.1 Å². The van der Waals surface area contributed by atoms with Gasteiger partial charge in [-0.2, -0.15) is 0 Å². The van der Waals surface area contributed by atoms with Crippen molar-refractivity contribution in [3.05, 3.63) is 0 Å². The number of rotatable bonds is 4. The van der Waals surface area contributed by atoms with Crippen LogP contribution in [0.2, 0.25) is 0 Å². The molecule has 3 heteroatoms. The van der Waals surface area contributed by atoms with Crippen LogP contribution in [-0.2, 0) is 4.79 Å². The first-order valence-electron chi connectivity index (χ1n) is 8.24. The number of hydrogen-bond donors (Lipinski definition) is 2. The van der Waals surface area contributed by atoms with Crippen LogP contribution in [0.15, 0.2) is 0 Å². The molecule has 20 heavy (non-hydrogen) atoms. The molecule has 2 unspecified atom stereocenters. The van der Waals surface area contributed by atoms with E-state index >= 15 is 0 Å². The number of nitrogens with two attached hydrogens (primary N) is 1. The van der Waals surface area contributed by atoms with Crippen LogP contribution in [0.3, 0.4) is 0 Å². The number of carbonyl (C=O) groups excluding carboxylic acids is 1. The molecule has 4 aliphatic rings. The van der Waals surface area contributed by atoms with Crippen molar-refractivity contribution in [3.63, 3.8) is 0 Å². The molecule has 2 atom stereocenters. The van der Waals surface area contributed by atoms with Gasteiger partial charge < -0.3 is 11.1 Å². The molecule has 114 valence electrons. The maximum absolute atomic E-state index is 12.8. The Morgan fingerprint density at radius 3 is 2.35 bits per heavy atom. The SMILES string of the molecule is CC(C)(CN)CNC(=O)C12CC3CC(CC(C)(C3)C1)C2. The minimum atomic E-state index is -0.0521. The summed E-state index contributed by atoms with van der Waals surface area (Å²) < 4.78 is 0. The van der Waals surface area contributed by atoms with Gasteiger partial charge in [0.2, 0.25) is 5.91 Å². The Morgan fingerprint density at radius 2 is 1.85 bits per heavy atom. The fourth-order valence-corrected chi connectivity index (χ4v) is 5.57. The quantitative estimate of drug-likeness (QED) is 0.830. The molecule has 0 saturated heterocycles. The number of hydrogen-bond acceptors (Lipinski definition) is 2. The van der Waals surface area contributed by atoms with E-state index in [4.69, 9.17) is 5.73 Å². The summed E-state index contributed by atoms with van der Waals surface area (Å²) in [5.41, 5.74) is 6.15. The van der Waals surface area contributed by atoms with Gasteiger partial charge in [-0.3, -0.25) is 4.79 Å². The fourth-order valence-electron chi connectivity index (χ4n) is 5.57. The van der Waals surface area contributed by atoms with E-state index < -0.39 is 0 Å². The summed E-state index contributed by atoms with van der Waals surface area (Å²) in [4.78, 5) is 12.8. The van der Waals surface area contributed by atoms with Crippen molar-refractivity contribution >= 4 is 5.91 Å². The third-order valence-electron chi connectivity index (χ3n) is 6.12. The second-order valence-corrected chi connectivity index (χ2v) is 9.10. The fraction of sp³-hybridized carbons (Fsp3) is 0.941. The van der Waals surface area contributed by atoms with Crippen molar-refractivity contribution in [2.45, 2.75) is 59.3 Å². The van der Waals surface area contributed by atoms with Crippen molar-refractivity contribution in [1.29, 1.82) is 0 Å². The normalized spacial score (nSPS) is 42.8. The summed E-state index contributed by atoms with van der Waals surface area (Å²) in [6, 6.07) is 0. The van der Waals surface area contributed by atoms with Crippen LogP contribution in [-0.4, -0.2) is 19.0 Å². The predicted octanol–water partition coefficient (Wildman–Crippen LogP) is 2.69. The lowest BCUT2D eigenvalue weighted by molar-refractivity contribution is -0.155. The van der Waals surface area contributed by atoms with Gasteiger partial charge in [0, 0.05) is 6.54 Å². The maximum Gasteiger partial charge on any atom is 0.226 e. The maximum atomic E-state index is 12.8. The van der Waals surface area contributed by atoms with E-state index in [2.05, 4.69) is 26.1 Å². The Labute approximate surface area is 123 Å². The van der Waals surface area contributed by atoms with Crippen molar-refractivity contribution in [3.8, 4) is 0 Å². The van der Waals surface area contributed by atoms with Gasteiger partial charge in [-0.15, -0.1) is 0 Å². The third kappa shape index (κ3) is 2.38. The zero-order valence-corrected chi connectivity index (χ0v) is 13.3. The monoisotopic (exact) mass is 278 g/mol. The predicted molar refractivity (Wildman–Crippen MR) is 81.1 cm³/mol. The Bertz CT molecular complexity index is 401. The third-order valence-corrected chi connectivity index (χ3v) is 6.12. The molecule has 0 heterocycles. The highest BCUT2D eigenvalue weighted by atomic mass is 16.2. The lowest BCUT2D eigenvalue weighted by atomic mass is 9.44. The molecule has 0 aromatic carbocycles. The van der Waals surface area contributed by atoms with Crippen molar-refractivity contribution in [2.24, 2.45) is 33.8 Å². The molecule has 4 saturated carbocycles. The summed E-state index contributed by atoms with van der Waals surface area (Å²) in [6.07, 6.45) is 7.46. The van der Waals surface area contributed by atoms with Gasteiger partial charge in [0.1, 0.15) is 0 Å². The topological polar surface area (TPSA) is 55.1 Å². The van der Waals surface area contributed by atoms with Gasteiger partial charge in [-0.05, 0) is 67.7 Å². The van der Waals surface area contributed by atoms with E-state index in [1.807, 2.05) is 0 Å². The molecule has 4 rings (SSSR count). The van der Waals surface area contributed by atoms with Crippen LogP contribution in [0.25, 0.3) is 0 Å². The van der Waals surface area contributed by atoms with E-state index in [0.29, 0.717) is 24.4 Å². The largest absolute Gasteiger partial charge is 0.355 e. The van der Waals surface area contributed by atoms with Crippen LogP contribution in [0.4, 0.5) is 0 Å². The molecular weight excluding hydrogens is 248 g/mol. The molecule has 4 fully saturated rings. The Morgan fingerprint density at radius 1 is 1.25 bits per heavy atom. The summed E-state index contributed by atoms with van der Waals surface area (Å²) in [5, 5.41) is 3.23. The molecule has 0 aromatic heterocycles. The molecular formula is C17H30N2O. The standard InChI is InChI=1S/C17H30N2O/c1-15(2,10-18)11-19-14(20)17-7-12-4-13(8-17)6-16(3,5-12)9-17/h12-13H,4-11,18H2,1-3H3,(H,19,20). The van der Waals surface area contributed by atoms with Gasteiger partial charge in [0.15, 0.2) is 0 Å². The molecule has 1 amide bonds. The van der Waals surface area contributed by atoms with Gasteiger partial charge >= 0.3 is 0 Å². The minimum absolute atomic E-state index is 0.00184. The zero-order chi connectivity index (χ0) is 14.6. The summed E-state index contributed by atoms with van der Waals surface area (Å²) in [5.74, 6) is 1.92. The molecule has 0 aromatic rings. The van der Waals surface area contributed by atoms with Gasteiger partial charge in [0.05, 0.1) is 5.41 Å². The van der Waals surface area contributed by atoms with Crippen LogP contribution in [0.1, 0.15) is 59.3 Å². The average molecular weight is 278 g/mol. The summed E-state index contributed by atoms with van der Waals surface area (Å²) >= 11 is 0. The lowest BCUT2D eigenvalue weighted by Gasteiger charge is -2.60. The van der Waals surface area contributed by atoms with E-state index in [-0.39, 0.29) is 10.8 Å². The molecule has 0 aliphatic heterocycles. The van der Waals surface area contributed by atoms with E-state index in [1.54, 1.807) is 0 Å². The first-order valence-corrected chi connectivity index (χ1v) is 8.24. The lowest BCUT2D eigenvalue weighted by Crippen LogP contribution is -2.57. The highest BCUT2D eigenvalue weighted by Gasteiger charge is 2.58. The number of amides is 1. The second-order valence-electron chi connectivity index (χ2n) is 9.10. The van der Waals surface area contributed by atoms with Crippen LogP contribution >= 0.6 is 0 Å². The Kier molecular flexibility index (Phi) is 3.20. The first-order chi connectivity index (χ1) is 9.26. The highest BCUT2D eigenvalue weighted by Crippen LogP contribution is 2.65. The molecule has 0 radical (unpaired) electrons. The molecule has 3 nitrogen and oxygen atoms in total. The summed E-state index contributed by atoms with van der Waals surface area (Å²) in [6.45, 7) is 7.97. The first kappa shape index (κ1) is 14.4. The Hall–Kier alpha value is -0.570. The van der Waals surface area contributed by atoms with Crippen molar-refractivity contribution < 1.29 is 4.79 Å². The van der Waals surface area contributed by atoms with Gasteiger partial charge in [0.25, 0.3) is 0 Å². The van der Waals surface area contributed by atoms with Gasteiger partial charge in [-0.25, -0.2) is 0 Å². The van der Waals surface area contributed by atoms with Crippen LogP contribution in [0, 0.1) is 28.1 Å². The summed E-state index contributed by atoms with van der Waals surface area (Å²) in [7, 11) is 0. The van der Waals surface area contributed by atoms with Crippen molar-refractivity contribution in [2.75, 3.05) is 13.1 Å². The van der Waals surface area contributed by atoms with Crippen LogP contribution < -0.4 is 11.1 Å². The molecule has 3 N–H and O–H groups in total. The van der Waals surface area contributed by atoms with E-state index in [9.17, 15) is 4.79 Å². The number of carbonyl (C=O) groups is 1. The molecule has 0 spiro atoms. The second kappa shape index (κ2) is 4.46. The van der Waals surface area contributed by atoms with Crippen molar-refractivity contribution in [1.82, 2.24) is 5.32 Å². The Balaban J connectivity index is 1.71. The minimum Gasteiger partial charge on any atom is -0.355 e. The van der Waals surface area contributed by atoms with Crippen LogP contribution in [0.5, 0.6) is 0 Å². The van der Waals surface area contributed by atoms with E-state index in [1.165, 1.54) is 19.3 Å². The zero-order valence-electron chi connectivity index (χ0n) is 13.3. The van der Waals surface area contributed by atoms with Gasteiger partial charge in [-0.1, -0.05) is 20.8 Å².